The van der Waals surface area contributed by atoms with Crippen molar-refractivity contribution in [3.63, 3.8) is 0 Å². The SMILES string of the molecule is CCCOc1cncc(-c2cc(=S)nc(C(C)(C)C)[nH]2)c1. The van der Waals surface area contributed by atoms with E-state index < -0.39 is 0 Å². The Kier molecular flexibility index (Phi) is 4.73. The number of pyridine rings is 1. The van der Waals surface area contributed by atoms with E-state index in [0.717, 1.165) is 29.3 Å². The van der Waals surface area contributed by atoms with Gasteiger partial charge in [-0.15, -0.1) is 0 Å². The van der Waals surface area contributed by atoms with Crippen molar-refractivity contribution in [2.45, 2.75) is 39.5 Å². The molecule has 0 saturated carbocycles. The quantitative estimate of drug-likeness (QED) is 0.856. The zero-order valence-corrected chi connectivity index (χ0v) is 13.8. The molecule has 0 aromatic carbocycles. The van der Waals surface area contributed by atoms with Gasteiger partial charge in [0.15, 0.2) is 0 Å². The van der Waals surface area contributed by atoms with E-state index in [0.29, 0.717) is 11.2 Å². The van der Waals surface area contributed by atoms with Crippen molar-refractivity contribution in [2.75, 3.05) is 6.61 Å². The van der Waals surface area contributed by atoms with Crippen LogP contribution in [-0.4, -0.2) is 21.6 Å². The minimum Gasteiger partial charge on any atom is -0.492 e. The molecular weight excluding hydrogens is 282 g/mol. The van der Waals surface area contributed by atoms with E-state index in [4.69, 9.17) is 17.0 Å². The van der Waals surface area contributed by atoms with E-state index in [-0.39, 0.29) is 5.41 Å². The zero-order chi connectivity index (χ0) is 15.5. The third-order valence-corrected chi connectivity index (χ3v) is 3.16. The third kappa shape index (κ3) is 4.11. The van der Waals surface area contributed by atoms with Crippen molar-refractivity contribution < 1.29 is 4.74 Å². The molecule has 21 heavy (non-hydrogen) atoms. The first-order valence-corrected chi connectivity index (χ1v) is 7.51. The largest absolute Gasteiger partial charge is 0.492 e. The van der Waals surface area contributed by atoms with Crippen LogP contribution in [0.25, 0.3) is 11.3 Å². The smallest absolute Gasteiger partial charge is 0.138 e. The number of nitrogens with zero attached hydrogens (tertiary/aromatic N) is 2. The van der Waals surface area contributed by atoms with Crippen LogP contribution in [0.15, 0.2) is 24.5 Å². The summed E-state index contributed by atoms with van der Waals surface area (Å²) in [7, 11) is 0. The molecule has 0 radical (unpaired) electrons. The van der Waals surface area contributed by atoms with Gasteiger partial charge in [-0.05, 0) is 18.6 Å². The van der Waals surface area contributed by atoms with Crippen molar-refractivity contribution in [1.82, 2.24) is 15.0 Å². The monoisotopic (exact) mass is 303 g/mol. The van der Waals surface area contributed by atoms with Crippen molar-refractivity contribution in [2.24, 2.45) is 0 Å². The summed E-state index contributed by atoms with van der Waals surface area (Å²) in [6, 6.07) is 3.82. The zero-order valence-electron chi connectivity index (χ0n) is 12.9. The van der Waals surface area contributed by atoms with Crippen LogP contribution in [0, 0.1) is 4.64 Å². The number of ether oxygens (including phenoxy) is 1. The molecule has 0 saturated heterocycles. The second-order valence-electron chi connectivity index (χ2n) is 5.99. The van der Waals surface area contributed by atoms with Gasteiger partial charge in [0.05, 0.1) is 18.5 Å². The van der Waals surface area contributed by atoms with Gasteiger partial charge in [0, 0.05) is 17.2 Å². The maximum atomic E-state index is 5.63. The summed E-state index contributed by atoms with van der Waals surface area (Å²) in [6.45, 7) is 9.06. The summed E-state index contributed by atoms with van der Waals surface area (Å²) in [5, 5.41) is 0. The molecule has 0 aliphatic carbocycles. The van der Waals surface area contributed by atoms with Crippen molar-refractivity contribution in [3.8, 4) is 17.0 Å². The number of hydrogen-bond donors (Lipinski definition) is 1. The minimum atomic E-state index is -0.0900. The number of H-pyrrole nitrogens is 1. The Morgan fingerprint density at radius 1 is 1.24 bits per heavy atom. The summed E-state index contributed by atoms with van der Waals surface area (Å²) in [5.41, 5.74) is 1.77. The lowest BCUT2D eigenvalue weighted by molar-refractivity contribution is 0.316. The Morgan fingerprint density at radius 3 is 2.67 bits per heavy atom. The lowest BCUT2D eigenvalue weighted by atomic mass is 9.95. The van der Waals surface area contributed by atoms with Gasteiger partial charge in [-0.1, -0.05) is 39.9 Å². The third-order valence-electron chi connectivity index (χ3n) is 2.95. The Labute approximate surface area is 130 Å². The number of nitrogens with one attached hydrogen (secondary N) is 1. The van der Waals surface area contributed by atoms with Crippen molar-refractivity contribution in [3.05, 3.63) is 35.0 Å². The second kappa shape index (κ2) is 6.35. The van der Waals surface area contributed by atoms with Gasteiger partial charge in [-0.25, -0.2) is 4.98 Å². The van der Waals surface area contributed by atoms with Crippen LogP contribution in [0.2, 0.25) is 0 Å². The van der Waals surface area contributed by atoms with Crippen LogP contribution in [0.1, 0.15) is 39.9 Å². The van der Waals surface area contributed by atoms with Gasteiger partial charge < -0.3 is 9.72 Å². The Morgan fingerprint density at radius 2 is 2.00 bits per heavy atom. The second-order valence-corrected chi connectivity index (χ2v) is 6.41. The Balaban J connectivity index is 2.42. The highest BCUT2D eigenvalue weighted by Gasteiger charge is 2.17. The normalized spacial score (nSPS) is 11.4. The van der Waals surface area contributed by atoms with E-state index in [2.05, 4.69) is 42.6 Å². The van der Waals surface area contributed by atoms with Crippen LogP contribution in [0.3, 0.4) is 0 Å². The van der Waals surface area contributed by atoms with Crippen LogP contribution >= 0.6 is 12.2 Å². The first-order valence-electron chi connectivity index (χ1n) is 7.10. The molecule has 1 N–H and O–H groups in total. The molecule has 2 heterocycles. The molecular formula is C16H21N3OS. The van der Waals surface area contributed by atoms with Gasteiger partial charge in [-0.3, -0.25) is 4.98 Å². The molecule has 2 aromatic heterocycles. The van der Waals surface area contributed by atoms with Gasteiger partial charge in [0.25, 0.3) is 0 Å². The molecule has 0 atom stereocenters. The van der Waals surface area contributed by atoms with Gasteiger partial charge >= 0.3 is 0 Å². The molecule has 0 fully saturated rings. The average Bonchev–Trinajstić information content (AvgIpc) is 2.44. The highest BCUT2D eigenvalue weighted by atomic mass is 32.1. The maximum absolute atomic E-state index is 5.63. The number of aromatic amines is 1. The molecule has 5 heteroatoms. The summed E-state index contributed by atoms with van der Waals surface area (Å²) in [5.74, 6) is 1.63. The lowest BCUT2D eigenvalue weighted by Crippen LogP contribution is -2.16. The summed E-state index contributed by atoms with van der Waals surface area (Å²) >= 11 is 5.28. The average molecular weight is 303 g/mol. The van der Waals surface area contributed by atoms with E-state index >= 15 is 0 Å². The lowest BCUT2D eigenvalue weighted by Gasteiger charge is -2.18. The predicted octanol–water partition coefficient (Wildman–Crippen LogP) is 4.29. The number of aromatic nitrogens is 3. The summed E-state index contributed by atoms with van der Waals surface area (Å²) in [6.07, 6.45) is 4.49. The molecule has 0 unspecified atom stereocenters. The predicted molar refractivity (Wildman–Crippen MR) is 87.1 cm³/mol. The van der Waals surface area contributed by atoms with Gasteiger partial charge in [0.2, 0.25) is 0 Å². The topological polar surface area (TPSA) is 50.8 Å². The standard InChI is InChI=1S/C16H21N3OS/c1-5-6-20-12-7-11(9-17-10-12)13-8-14(21)19-15(18-13)16(2,3)4/h7-10H,5-6H2,1-4H3,(H,18,19,21). The molecule has 4 nitrogen and oxygen atoms in total. The summed E-state index contributed by atoms with van der Waals surface area (Å²) in [4.78, 5) is 12.0. The van der Waals surface area contributed by atoms with Crippen molar-refractivity contribution in [1.29, 1.82) is 0 Å². The number of hydrogen-bond acceptors (Lipinski definition) is 4. The van der Waals surface area contributed by atoms with E-state index in [9.17, 15) is 0 Å². The van der Waals surface area contributed by atoms with Gasteiger partial charge in [0.1, 0.15) is 16.2 Å². The molecule has 0 aliphatic heterocycles. The number of rotatable bonds is 4. The first kappa shape index (κ1) is 15.6. The molecule has 2 aromatic rings. The highest BCUT2D eigenvalue weighted by molar-refractivity contribution is 7.71. The summed E-state index contributed by atoms with van der Waals surface area (Å²) < 4.78 is 6.20. The van der Waals surface area contributed by atoms with E-state index in [1.165, 1.54) is 0 Å². The molecule has 0 amide bonds. The van der Waals surface area contributed by atoms with Crippen LogP contribution < -0.4 is 4.74 Å². The fraction of sp³-hybridized carbons (Fsp3) is 0.438. The van der Waals surface area contributed by atoms with E-state index in [1.807, 2.05) is 12.1 Å². The molecule has 0 bridgehead atoms. The maximum Gasteiger partial charge on any atom is 0.138 e. The highest BCUT2D eigenvalue weighted by Crippen LogP contribution is 2.24. The minimum absolute atomic E-state index is 0.0900. The van der Waals surface area contributed by atoms with Crippen LogP contribution in [0.5, 0.6) is 5.75 Å². The first-order chi connectivity index (χ1) is 9.90. The van der Waals surface area contributed by atoms with Crippen LogP contribution in [-0.2, 0) is 5.41 Å². The molecule has 2 rings (SSSR count). The fourth-order valence-electron chi connectivity index (χ4n) is 1.83. The van der Waals surface area contributed by atoms with Crippen molar-refractivity contribution >= 4 is 12.2 Å². The van der Waals surface area contributed by atoms with Gasteiger partial charge in [-0.2, -0.15) is 0 Å². The Hall–Kier alpha value is -1.75. The van der Waals surface area contributed by atoms with Crippen LogP contribution in [0.4, 0.5) is 0 Å². The Bertz CT molecular complexity index is 674. The molecule has 0 spiro atoms. The fourth-order valence-corrected chi connectivity index (χ4v) is 2.04. The molecule has 0 aliphatic rings. The van der Waals surface area contributed by atoms with E-state index in [1.54, 1.807) is 12.4 Å². The molecule has 112 valence electrons.